The van der Waals surface area contributed by atoms with Crippen LogP contribution in [0.3, 0.4) is 0 Å². The van der Waals surface area contributed by atoms with E-state index in [0.29, 0.717) is 21.5 Å². The molecule has 0 aliphatic carbocycles. The minimum Gasteiger partial charge on any atom is -0.480 e. The molecule has 1 atom stereocenters. The van der Waals surface area contributed by atoms with Gasteiger partial charge >= 0.3 is 5.97 Å². The van der Waals surface area contributed by atoms with Gasteiger partial charge < -0.3 is 10.4 Å². The molecule has 6 heteroatoms. The van der Waals surface area contributed by atoms with Gasteiger partial charge in [-0.25, -0.2) is 4.79 Å². The Kier molecular flexibility index (Phi) is 5.82. The fourth-order valence-corrected chi connectivity index (χ4v) is 2.47. The zero-order chi connectivity index (χ0) is 14.6. The Morgan fingerprint density at radius 3 is 2.53 bits per heavy atom. The third-order valence-electron chi connectivity index (χ3n) is 2.49. The van der Waals surface area contributed by atoms with E-state index in [2.05, 4.69) is 21.2 Å². The number of hydrogen-bond donors (Lipinski definition) is 2. The number of carbonyl (C=O) groups is 2. The molecule has 1 amide bonds. The maximum Gasteiger partial charge on any atom is 0.326 e. The summed E-state index contributed by atoms with van der Waals surface area (Å²) < 4.78 is 0.534. The summed E-state index contributed by atoms with van der Waals surface area (Å²) in [7, 11) is 0. The lowest BCUT2D eigenvalue weighted by molar-refractivity contribution is -0.139. The van der Waals surface area contributed by atoms with Gasteiger partial charge in [-0.15, -0.1) is 0 Å². The molecule has 0 saturated carbocycles. The Hall–Kier alpha value is -1.07. The number of hydrogen-bond acceptors (Lipinski definition) is 2. The average molecular weight is 349 g/mol. The number of carboxylic acid groups (broad SMARTS) is 1. The zero-order valence-corrected chi connectivity index (χ0v) is 13.0. The van der Waals surface area contributed by atoms with Gasteiger partial charge in [-0.1, -0.05) is 25.4 Å². The molecule has 0 unspecified atom stereocenters. The maximum atomic E-state index is 12.0. The first-order chi connectivity index (χ1) is 8.81. The minimum atomic E-state index is -1.04. The number of carboxylic acids is 1. The van der Waals surface area contributed by atoms with Crippen LogP contribution in [-0.4, -0.2) is 23.0 Å². The predicted octanol–water partition coefficient (Wildman–Crippen LogP) is 3.33. The van der Waals surface area contributed by atoms with Crippen molar-refractivity contribution in [2.75, 3.05) is 0 Å². The molecule has 0 aliphatic rings. The van der Waals surface area contributed by atoms with Crippen LogP contribution in [-0.2, 0) is 4.79 Å². The topological polar surface area (TPSA) is 66.4 Å². The number of rotatable bonds is 5. The summed E-state index contributed by atoms with van der Waals surface area (Å²) in [6.07, 6.45) is 0.381. The molecular formula is C13H15BrClNO3. The van der Waals surface area contributed by atoms with E-state index in [0.717, 1.165) is 0 Å². The molecule has 0 aromatic heterocycles. The van der Waals surface area contributed by atoms with Gasteiger partial charge in [-0.05, 0) is 46.5 Å². The highest BCUT2D eigenvalue weighted by molar-refractivity contribution is 9.10. The van der Waals surface area contributed by atoms with E-state index in [1.54, 1.807) is 18.2 Å². The molecule has 0 spiro atoms. The lowest BCUT2D eigenvalue weighted by Crippen LogP contribution is -2.41. The van der Waals surface area contributed by atoms with Crippen LogP contribution in [0.2, 0.25) is 5.02 Å². The summed E-state index contributed by atoms with van der Waals surface area (Å²) in [6, 6.07) is 3.83. The maximum absolute atomic E-state index is 12.0. The predicted molar refractivity (Wildman–Crippen MR) is 77.5 cm³/mol. The summed E-state index contributed by atoms with van der Waals surface area (Å²) in [5.41, 5.74) is 0.361. The Balaban J connectivity index is 2.84. The van der Waals surface area contributed by atoms with Gasteiger partial charge in [0.05, 0.1) is 5.56 Å². The molecule has 0 heterocycles. The van der Waals surface area contributed by atoms with Crippen molar-refractivity contribution < 1.29 is 14.7 Å². The van der Waals surface area contributed by atoms with E-state index >= 15 is 0 Å². The number of benzene rings is 1. The van der Waals surface area contributed by atoms with Gasteiger partial charge in [0.2, 0.25) is 0 Å². The monoisotopic (exact) mass is 347 g/mol. The van der Waals surface area contributed by atoms with Gasteiger partial charge in [0.1, 0.15) is 6.04 Å². The molecule has 0 saturated heterocycles. The van der Waals surface area contributed by atoms with Crippen molar-refractivity contribution in [3.05, 3.63) is 33.3 Å². The zero-order valence-electron chi connectivity index (χ0n) is 10.6. The van der Waals surface area contributed by atoms with Crippen molar-refractivity contribution in [1.82, 2.24) is 5.32 Å². The van der Waals surface area contributed by atoms with Gasteiger partial charge in [-0.2, -0.15) is 0 Å². The summed E-state index contributed by atoms with van der Waals surface area (Å²) in [5.74, 6) is -1.29. The summed E-state index contributed by atoms with van der Waals surface area (Å²) in [5, 5.41) is 12.1. The van der Waals surface area contributed by atoms with E-state index in [9.17, 15) is 9.59 Å². The molecule has 1 aromatic rings. The van der Waals surface area contributed by atoms with Gasteiger partial charge in [0, 0.05) is 9.50 Å². The average Bonchev–Trinajstić information content (AvgIpc) is 2.26. The first-order valence-electron chi connectivity index (χ1n) is 5.80. The van der Waals surface area contributed by atoms with Crippen LogP contribution < -0.4 is 5.32 Å². The molecule has 1 aromatic carbocycles. The third-order valence-corrected chi connectivity index (χ3v) is 3.38. The summed E-state index contributed by atoms with van der Waals surface area (Å²) in [4.78, 5) is 23.1. The second kappa shape index (κ2) is 6.91. The molecule has 1 rings (SSSR count). The quantitative estimate of drug-likeness (QED) is 0.857. The van der Waals surface area contributed by atoms with E-state index in [1.807, 2.05) is 13.8 Å². The van der Waals surface area contributed by atoms with Crippen LogP contribution in [0.5, 0.6) is 0 Å². The smallest absolute Gasteiger partial charge is 0.326 e. The Morgan fingerprint density at radius 1 is 1.42 bits per heavy atom. The molecule has 0 bridgehead atoms. The molecule has 0 radical (unpaired) electrons. The fourth-order valence-electron chi connectivity index (χ4n) is 1.60. The highest BCUT2D eigenvalue weighted by Crippen LogP contribution is 2.21. The molecule has 0 fully saturated rings. The summed E-state index contributed by atoms with van der Waals surface area (Å²) in [6.45, 7) is 3.81. The van der Waals surface area contributed by atoms with Crippen molar-refractivity contribution in [3.8, 4) is 0 Å². The number of carbonyl (C=O) groups excluding carboxylic acids is 1. The lowest BCUT2D eigenvalue weighted by atomic mass is 10.0. The lowest BCUT2D eigenvalue weighted by Gasteiger charge is -2.17. The van der Waals surface area contributed by atoms with Gasteiger partial charge in [0.25, 0.3) is 5.91 Å². The number of nitrogens with one attached hydrogen (secondary N) is 1. The van der Waals surface area contributed by atoms with E-state index in [-0.39, 0.29) is 5.92 Å². The second-order valence-corrected chi connectivity index (χ2v) is 5.91. The molecule has 2 N–H and O–H groups in total. The number of amides is 1. The molecular weight excluding hydrogens is 334 g/mol. The van der Waals surface area contributed by atoms with E-state index in [1.165, 1.54) is 0 Å². The molecule has 104 valence electrons. The first kappa shape index (κ1) is 16.0. The van der Waals surface area contributed by atoms with Crippen molar-refractivity contribution >= 4 is 39.4 Å². The molecule has 4 nitrogen and oxygen atoms in total. The highest BCUT2D eigenvalue weighted by atomic mass is 79.9. The minimum absolute atomic E-state index is 0.176. The Labute approximate surface area is 125 Å². The van der Waals surface area contributed by atoms with Gasteiger partial charge in [0.15, 0.2) is 0 Å². The van der Waals surface area contributed by atoms with Crippen LogP contribution in [0.25, 0.3) is 0 Å². The normalized spacial score (nSPS) is 12.3. The van der Waals surface area contributed by atoms with Crippen LogP contribution in [0.15, 0.2) is 22.7 Å². The standard InChI is InChI=1S/C13H15BrClNO3/c1-7(2)5-11(13(18)19)16-12(17)9-4-3-8(15)6-10(9)14/h3-4,6-7,11H,5H2,1-2H3,(H,16,17)(H,18,19)/t11-/m0/s1. The second-order valence-electron chi connectivity index (χ2n) is 4.62. The molecule has 0 aliphatic heterocycles. The van der Waals surface area contributed by atoms with Crippen LogP contribution in [0.1, 0.15) is 30.6 Å². The molecule has 19 heavy (non-hydrogen) atoms. The summed E-state index contributed by atoms with van der Waals surface area (Å²) >= 11 is 9.02. The van der Waals surface area contributed by atoms with Crippen molar-refractivity contribution in [2.24, 2.45) is 5.92 Å². The van der Waals surface area contributed by atoms with E-state index < -0.39 is 17.9 Å². The third kappa shape index (κ3) is 4.84. The first-order valence-corrected chi connectivity index (χ1v) is 6.97. The van der Waals surface area contributed by atoms with Crippen molar-refractivity contribution in [2.45, 2.75) is 26.3 Å². The fraction of sp³-hybridized carbons (Fsp3) is 0.385. The Morgan fingerprint density at radius 2 is 2.05 bits per heavy atom. The van der Waals surface area contributed by atoms with Crippen molar-refractivity contribution in [3.63, 3.8) is 0 Å². The number of aliphatic carboxylic acids is 1. The van der Waals surface area contributed by atoms with Crippen LogP contribution >= 0.6 is 27.5 Å². The van der Waals surface area contributed by atoms with E-state index in [4.69, 9.17) is 16.7 Å². The van der Waals surface area contributed by atoms with Crippen LogP contribution in [0, 0.1) is 5.92 Å². The Bertz CT molecular complexity index is 491. The highest BCUT2D eigenvalue weighted by Gasteiger charge is 2.22. The SMILES string of the molecule is CC(C)C[C@H](NC(=O)c1ccc(Cl)cc1Br)C(=O)O. The largest absolute Gasteiger partial charge is 0.480 e. The van der Waals surface area contributed by atoms with Gasteiger partial charge in [-0.3, -0.25) is 4.79 Å². The van der Waals surface area contributed by atoms with Crippen molar-refractivity contribution in [1.29, 1.82) is 0 Å². The van der Waals surface area contributed by atoms with Crippen LogP contribution in [0.4, 0.5) is 0 Å². The number of halogens is 2.